The lowest BCUT2D eigenvalue weighted by molar-refractivity contribution is -0.385. The van der Waals surface area contributed by atoms with Gasteiger partial charge in [0.1, 0.15) is 0 Å². The van der Waals surface area contributed by atoms with Crippen LogP contribution in [0.5, 0.6) is 0 Å². The van der Waals surface area contributed by atoms with E-state index in [0.29, 0.717) is 27.7 Å². The number of nitro benzene ring substituents is 2. The molecule has 27 heavy (non-hydrogen) atoms. The molecule has 144 valence electrons. The normalized spacial score (nSPS) is 13.5. The molecule has 2 aromatic rings. The molecular weight excluding hydrogens is 465 g/mol. The van der Waals surface area contributed by atoms with E-state index in [1.165, 1.54) is 24.3 Å². The lowest BCUT2D eigenvalue weighted by atomic mass is 10.2. The van der Waals surface area contributed by atoms with Crippen molar-refractivity contribution < 1.29 is 14.6 Å². The fourth-order valence-corrected chi connectivity index (χ4v) is 3.38. The molecule has 0 N–H and O–H groups in total. The first kappa shape index (κ1) is 21.4. The van der Waals surface area contributed by atoms with E-state index >= 15 is 0 Å². The molecule has 1 aliphatic heterocycles. The van der Waals surface area contributed by atoms with Crippen molar-refractivity contribution in [2.75, 3.05) is 31.2 Å². The van der Waals surface area contributed by atoms with E-state index in [4.69, 9.17) is 27.9 Å². The molecule has 0 atom stereocenters. The van der Waals surface area contributed by atoms with Gasteiger partial charge in [0.15, 0.2) is 0 Å². The van der Waals surface area contributed by atoms with Crippen molar-refractivity contribution in [3.8, 4) is 0 Å². The number of benzene rings is 2. The first-order chi connectivity index (χ1) is 12.8. The maximum atomic E-state index is 10.7. The quantitative estimate of drug-likeness (QED) is 0.449. The number of anilines is 1. The number of nitro groups is 2. The Morgan fingerprint density at radius 2 is 1.41 bits per heavy atom. The van der Waals surface area contributed by atoms with Crippen LogP contribution in [0.2, 0.25) is 10.0 Å². The third-order valence-electron chi connectivity index (χ3n) is 3.51. The van der Waals surface area contributed by atoms with Gasteiger partial charge >= 0.3 is 0 Å². The summed E-state index contributed by atoms with van der Waals surface area (Å²) in [6, 6.07) is 8.91. The number of halogens is 3. The predicted molar refractivity (Wildman–Crippen MR) is 107 cm³/mol. The molecule has 0 amide bonds. The van der Waals surface area contributed by atoms with Crippen LogP contribution < -0.4 is 4.90 Å². The first-order valence-corrected chi connectivity index (χ1v) is 9.19. The number of rotatable bonds is 3. The summed E-state index contributed by atoms with van der Waals surface area (Å²) < 4.78 is 5.83. The van der Waals surface area contributed by atoms with E-state index in [1.54, 1.807) is 12.1 Å². The number of nitrogens with zero attached hydrogens (tertiary/aromatic N) is 3. The molecule has 0 aliphatic carbocycles. The second-order valence-electron chi connectivity index (χ2n) is 5.41. The molecule has 3 rings (SSSR count). The molecule has 1 heterocycles. The molecule has 0 spiro atoms. The van der Waals surface area contributed by atoms with Gasteiger partial charge in [-0.2, -0.15) is 0 Å². The van der Waals surface area contributed by atoms with Crippen molar-refractivity contribution in [3.63, 3.8) is 0 Å². The van der Waals surface area contributed by atoms with Crippen molar-refractivity contribution >= 4 is 56.2 Å². The van der Waals surface area contributed by atoms with E-state index in [1.807, 2.05) is 4.90 Å². The van der Waals surface area contributed by atoms with Gasteiger partial charge in [-0.25, -0.2) is 0 Å². The zero-order valence-corrected chi connectivity index (χ0v) is 16.9. The van der Waals surface area contributed by atoms with Gasteiger partial charge in [-0.15, -0.1) is 0 Å². The van der Waals surface area contributed by atoms with E-state index in [0.717, 1.165) is 18.8 Å². The Morgan fingerprint density at radius 1 is 0.889 bits per heavy atom. The molecule has 8 nitrogen and oxygen atoms in total. The number of hydrogen-bond donors (Lipinski definition) is 0. The van der Waals surface area contributed by atoms with E-state index in [9.17, 15) is 20.2 Å². The molecule has 1 aliphatic rings. The summed E-state index contributed by atoms with van der Waals surface area (Å²) in [6.07, 6.45) is 0. The lowest BCUT2D eigenvalue weighted by Gasteiger charge is -2.28. The highest BCUT2D eigenvalue weighted by Crippen LogP contribution is 2.27. The van der Waals surface area contributed by atoms with Crippen molar-refractivity contribution in [2.24, 2.45) is 0 Å². The zero-order chi connectivity index (χ0) is 20.0. The van der Waals surface area contributed by atoms with Crippen LogP contribution in [0.25, 0.3) is 0 Å². The average molecular weight is 479 g/mol. The molecule has 1 saturated heterocycles. The summed E-state index contributed by atoms with van der Waals surface area (Å²) in [5.41, 5.74) is 0.792. The molecule has 11 heteroatoms. The lowest BCUT2D eigenvalue weighted by Crippen LogP contribution is -2.36. The zero-order valence-electron chi connectivity index (χ0n) is 13.8. The maximum absolute atomic E-state index is 10.7. The van der Waals surface area contributed by atoms with E-state index < -0.39 is 9.85 Å². The molecule has 0 unspecified atom stereocenters. The Morgan fingerprint density at radius 3 is 1.93 bits per heavy atom. The number of ether oxygens (including phenoxy) is 1. The van der Waals surface area contributed by atoms with E-state index in [-0.39, 0.29) is 11.4 Å². The minimum absolute atomic E-state index is 0.00984. The highest BCUT2D eigenvalue weighted by Gasteiger charge is 2.15. The monoisotopic (exact) mass is 477 g/mol. The van der Waals surface area contributed by atoms with Gasteiger partial charge < -0.3 is 9.64 Å². The Labute approximate surface area is 173 Å². The van der Waals surface area contributed by atoms with Crippen LogP contribution in [0.4, 0.5) is 17.1 Å². The summed E-state index contributed by atoms with van der Waals surface area (Å²) in [5.74, 6) is 0. The highest BCUT2D eigenvalue weighted by molar-refractivity contribution is 9.10. The second-order valence-corrected chi connectivity index (χ2v) is 7.20. The van der Waals surface area contributed by atoms with Gasteiger partial charge in [0.05, 0.1) is 23.1 Å². The fraction of sp³-hybridized carbons (Fsp3) is 0.250. The Hall–Kier alpha value is -1.94. The SMILES string of the molecule is O=[N+]([O-])c1cc(Cl)cc(Br)c1.O=[N+]([O-])c1cc(Cl)cc(N2CCOCC2)c1. The van der Waals surface area contributed by atoms with Crippen molar-refractivity contribution in [2.45, 2.75) is 0 Å². The summed E-state index contributed by atoms with van der Waals surface area (Å²) >= 11 is 14.5. The Kier molecular flexibility index (Phi) is 7.78. The average Bonchev–Trinajstić information content (AvgIpc) is 2.61. The van der Waals surface area contributed by atoms with Crippen molar-refractivity contribution in [1.82, 2.24) is 0 Å². The Balaban J connectivity index is 0.000000208. The van der Waals surface area contributed by atoms with Crippen LogP contribution in [-0.4, -0.2) is 36.1 Å². The smallest absolute Gasteiger partial charge is 0.272 e. The van der Waals surface area contributed by atoms with Gasteiger partial charge in [0.2, 0.25) is 0 Å². The third kappa shape index (κ3) is 6.62. The molecule has 0 bridgehead atoms. The molecule has 0 radical (unpaired) electrons. The summed E-state index contributed by atoms with van der Waals surface area (Å²) in [7, 11) is 0. The Bertz CT molecular complexity index is 827. The van der Waals surface area contributed by atoms with Crippen LogP contribution in [0.1, 0.15) is 0 Å². The third-order valence-corrected chi connectivity index (χ3v) is 4.41. The topological polar surface area (TPSA) is 98.8 Å². The maximum Gasteiger partial charge on any atom is 0.272 e. The summed E-state index contributed by atoms with van der Waals surface area (Å²) in [4.78, 5) is 22.0. The predicted octanol–water partition coefficient (Wildman–Crippen LogP) is 5.10. The highest BCUT2D eigenvalue weighted by atomic mass is 79.9. The summed E-state index contributed by atoms with van der Waals surface area (Å²) in [6.45, 7) is 2.75. The standard InChI is InChI=1S/C10H11ClN2O3.C6H3BrClNO2/c11-8-5-9(7-10(6-8)13(14)15)12-1-3-16-4-2-12;7-4-1-5(8)3-6(2-4)9(10)11/h5-7H,1-4H2;1-3H. The van der Waals surface area contributed by atoms with Crippen LogP contribution in [0, 0.1) is 20.2 Å². The largest absolute Gasteiger partial charge is 0.378 e. The van der Waals surface area contributed by atoms with Crippen molar-refractivity contribution in [1.29, 1.82) is 0 Å². The van der Waals surface area contributed by atoms with E-state index in [2.05, 4.69) is 15.9 Å². The van der Waals surface area contributed by atoms with Crippen molar-refractivity contribution in [3.05, 3.63) is 71.1 Å². The van der Waals surface area contributed by atoms with Gasteiger partial charge in [0.25, 0.3) is 11.4 Å². The minimum atomic E-state index is -0.489. The first-order valence-electron chi connectivity index (χ1n) is 7.64. The number of non-ortho nitro benzene ring substituents is 2. The number of hydrogen-bond acceptors (Lipinski definition) is 6. The van der Waals surface area contributed by atoms with Crippen LogP contribution in [0.3, 0.4) is 0 Å². The molecule has 2 aromatic carbocycles. The minimum Gasteiger partial charge on any atom is -0.378 e. The summed E-state index contributed by atoms with van der Waals surface area (Å²) in [5, 5.41) is 21.7. The fourth-order valence-electron chi connectivity index (χ4n) is 2.31. The second kappa shape index (κ2) is 9.84. The van der Waals surface area contributed by atoms with Crippen LogP contribution >= 0.6 is 39.1 Å². The molecule has 1 fully saturated rings. The van der Waals surface area contributed by atoms with Crippen LogP contribution in [-0.2, 0) is 4.74 Å². The molecule has 0 aromatic heterocycles. The van der Waals surface area contributed by atoms with Gasteiger partial charge in [0, 0.05) is 57.6 Å². The van der Waals surface area contributed by atoms with Gasteiger partial charge in [-0.05, 0) is 12.1 Å². The van der Waals surface area contributed by atoms with Gasteiger partial charge in [-0.3, -0.25) is 20.2 Å². The molecule has 0 saturated carbocycles. The number of morpholine rings is 1. The van der Waals surface area contributed by atoms with Gasteiger partial charge in [-0.1, -0.05) is 39.1 Å². The molecular formula is C16H14BrCl2N3O5. The van der Waals surface area contributed by atoms with Crippen LogP contribution in [0.15, 0.2) is 40.9 Å².